The lowest BCUT2D eigenvalue weighted by Gasteiger charge is -2.27. The van der Waals surface area contributed by atoms with Gasteiger partial charge in [0.1, 0.15) is 32.8 Å². The molecular formula is C63H74N18O14S4. The van der Waals surface area contributed by atoms with E-state index in [-0.39, 0.29) is 88.3 Å². The number of azo groups is 2. The van der Waals surface area contributed by atoms with Gasteiger partial charge < -0.3 is 65.5 Å². The number of nitrogens with one attached hydrogen (secondary N) is 4. The molecule has 7 aromatic rings. The molecule has 0 bridgehead atoms. The van der Waals surface area contributed by atoms with Crippen LogP contribution in [0, 0.1) is 0 Å². The van der Waals surface area contributed by atoms with Gasteiger partial charge in [0.25, 0.3) is 32.1 Å². The van der Waals surface area contributed by atoms with Crippen LogP contribution in [0.25, 0.3) is 12.2 Å². The van der Waals surface area contributed by atoms with E-state index in [1.54, 1.807) is 17.0 Å². The van der Waals surface area contributed by atoms with Gasteiger partial charge in [-0.3, -0.25) is 28.3 Å². The molecule has 0 aliphatic carbocycles. The first-order valence-electron chi connectivity index (χ1n) is 31.3. The summed E-state index contributed by atoms with van der Waals surface area (Å²) in [5.74, 6) is -2.46. The van der Waals surface area contributed by atoms with Gasteiger partial charge in [-0.1, -0.05) is 46.9 Å². The summed E-state index contributed by atoms with van der Waals surface area (Å²) in [4.78, 5) is 87.4. The Balaban J connectivity index is 1.10. The van der Waals surface area contributed by atoms with Gasteiger partial charge in [0, 0.05) is 76.8 Å². The second kappa shape index (κ2) is 33.8. The van der Waals surface area contributed by atoms with Crippen LogP contribution in [0.1, 0.15) is 51.3 Å². The number of hydrogen-bond donors (Lipinski definition) is 8. The van der Waals surface area contributed by atoms with Crippen molar-refractivity contribution in [3.05, 3.63) is 106 Å². The molecule has 3 aromatic heterocycles. The molecule has 36 heteroatoms. The molecule has 4 aromatic carbocycles. The third-order valence-corrected chi connectivity index (χ3v) is 18.9. The third-order valence-electron chi connectivity index (χ3n) is 15.3. The van der Waals surface area contributed by atoms with E-state index in [9.17, 15) is 55.3 Å². The lowest BCUT2D eigenvalue weighted by Crippen LogP contribution is -2.36. The molecule has 524 valence electrons. The molecule has 2 amide bonds. The van der Waals surface area contributed by atoms with Gasteiger partial charge in [-0.05, 0) is 114 Å². The zero-order valence-electron chi connectivity index (χ0n) is 54.8. The van der Waals surface area contributed by atoms with Crippen molar-refractivity contribution in [1.29, 1.82) is 0 Å². The molecule has 0 spiro atoms. The summed E-state index contributed by atoms with van der Waals surface area (Å²) in [7, 11) is -9.53. The number of carbonyl (C=O) groups excluding carboxylic acids is 4. The van der Waals surface area contributed by atoms with Gasteiger partial charge in [0.2, 0.25) is 28.1 Å². The second-order valence-corrected chi connectivity index (χ2v) is 26.6. The van der Waals surface area contributed by atoms with Gasteiger partial charge in [-0.25, -0.2) is 0 Å². The van der Waals surface area contributed by atoms with Crippen LogP contribution in [0.5, 0.6) is 0 Å². The average molecular weight is 1440 g/mol. The van der Waals surface area contributed by atoms with Crippen LogP contribution in [0.3, 0.4) is 0 Å². The molecule has 2 aliphatic rings. The summed E-state index contributed by atoms with van der Waals surface area (Å²) < 4.78 is 79.8. The smallest absolute Gasteiger partial charge is 0.296 e. The molecule has 0 unspecified atom stereocenters. The first-order valence-corrected chi connectivity index (χ1v) is 35.8. The normalized spacial score (nSPS) is 14.0. The number of para-hydroxylation sites is 2. The van der Waals surface area contributed by atoms with E-state index < -0.39 is 53.4 Å². The van der Waals surface area contributed by atoms with E-state index in [1.165, 1.54) is 62.4 Å². The maximum atomic E-state index is 13.8. The van der Waals surface area contributed by atoms with Crippen molar-refractivity contribution in [2.24, 2.45) is 20.5 Å². The Kier molecular flexibility index (Phi) is 25.1. The van der Waals surface area contributed by atoms with Crippen LogP contribution in [-0.2, 0) is 48.9 Å². The van der Waals surface area contributed by atoms with Crippen LogP contribution < -0.4 is 45.8 Å². The van der Waals surface area contributed by atoms with E-state index in [1.807, 2.05) is 61.8 Å². The highest BCUT2D eigenvalue weighted by atomic mass is 32.2. The molecule has 2 aliphatic heterocycles. The number of aliphatic hydroxyl groups excluding tert-OH is 2. The molecule has 2 saturated heterocycles. The number of ketones is 2. The quantitative estimate of drug-likeness (QED) is 0.00660. The Bertz CT molecular complexity index is 4180. The van der Waals surface area contributed by atoms with Gasteiger partial charge in [-0.2, -0.15) is 41.8 Å². The van der Waals surface area contributed by atoms with E-state index >= 15 is 0 Å². The number of aliphatic hydroxyl groups is 2. The lowest BCUT2D eigenvalue weighted by molar-refractivity contribution is -0.120. The number of anilines is 11. The standard InChI is InChI=1S/C63H74N18O14S4/c1-7-77(8-2)41-19-21-45(73-75-62-68-55(79-25-31-94-32-26-79)51(96-62)37-43(39(5)84)57(86)64-47-15-11-13-17-53(47)98(88,89)90)49(35-41)66-59-70-60(72-61(71-59)81(23-29-82)24-30-83)67-50-36-42(78(9-3)10-4)20-22-46(50)74-76-63-69-56(80-27-33-95-34-28-80)52(97-63)38-44(40(6)85)58(87)65-48-16-12-14-18-54(48)99(91,92)93/h11-22,35-38,82-83H,7-10,23-34H2,1-6H3,(H,64,86)(H,65,87)(H,88,89,90)(H,91,92,93)(H2,66,67,70,71,72)/b43-37-,44-38+,75-73+,76-74+. The summed E-state index contributed by atoms with van der Waals surface area (Å²) in [6.45, 7) is 15.3. The minimum absolute atomic E-state index is 0.00724. The van der Waals surface area contributed by atoms with E-state index in [0.29, 0.717) is 112 Å². The number of hydrogen-bond acceptors (Lipinski definition) is 30. The molecule has 0 radical (unpaired) electrons. The fraction of sp³-hybridized carbons (Fsp3) is 0.349. The maximum Gasteiger partial charge on any atom is 0.296 e. The maximum absolute atomic E-state index is 13.8. The fourth-order valence-corrected chi connectivity index (χ4v) is 13.4. The summed E-state index contributed by atoms with van der Waals surface area (Å²) in [5, 5.41) is 50.9. The zero-order chi connectivity index (χ0) is 71.0. The largest absolute Gasteiger partial charge is 0.395 e. The minimum atomic E-state index is -4.76. The predicted molar refractivity (Wildman–Crippen MR) is 379 cm³/mol. The van der Waals surface area contributed by atoms with Crippen LogP contribution in [0.15, 0.2) is 126 Å². The number of carbonyl (C=O) groups is 4. The van der Waals surface area contributed by atoms with Gasteiger partial charge >= 0.3 is 0 Å². The fourth-order valence-electron chi connectivity index (χ4n) is 10.4. The Morgan fingerprint density at radius 3 is 1.27 bits per heavy atom. The average Bonchev–Trinajstić information content (AvgIpc) is 1.76. The number of amides is 2. The number of rotatable bonds is 31. The number of aromatic nitrogens is 5. The Hall–Kier alpha value is -9.63. The summed E-state index contributed by atoms with van der Waals surface area (Å²) in [6, 6.07) is 21.3. The molecule has 99 heavy (non-hydrogen) atoms. The van der Waals surface area contributed by atoms with Crippen LogP contribution in [-0.4, -0.2) is 190 Å². The number of benzene rings is 4. The Morgan fingerprint density at radius 2 is 0.919 bits per heavy atom. The van der Waals surface area contributed by atoms with E-state index in [0.717, 1.165) is 46.2 Å². The van der Waals surface area contributed by atoms with E-state index in [2.05, 4.69) is 41.3 Å². The van der Waals surface area contributed by atoms with Crippen LogP contribution in [0.4, 0.5) is 85.2 Å². The molecule has 0 atom stereocenters. The molecule has 9 rings (SSSR count). The van der Waals surface area contributed by atoms with Crippen molar-refractivity contribution in [3.8, 4) is 0 Å². The van der Waals surface area contributed by atoms with Crippen molar-refractivity contribution >= 4 is 164 Å². The van der Waals surface area contributed by atoms with Gasteiger partial charge in [0.05, 0.1) is 83.3 Å². The molecule has 2 fully saturated rings. The molecular weight excluding hydrogens is 1360 g/mol. The lowest BCUT2D eigenvalue weighted by atomic mass is 10.1. The molecule has 5 heterocycles. The number of ether oxygens (including phenoxy) is 2. The predicted octanol–water partition coefficient (Wildman–Crippen LogP) is 8.97. The Labute approximate surface area is 578 Å². The van der Waals surface area contributed by atoms with Crippen molar-refractivity contribution in [2.75, 3.05) is 151 Å². The monoisotopic (exact) mass is 1430 g/mol. The Morgan fingerprint density at radius 1 is 0.535 bits per heavy atom. The summed E-state index contributed by atoms with van der Waals surface area (Å²) in [5.41, 5.74) is 1.66. The van der Waals surface area contributed by atoms with Crippen molar-refractivity contribution in [2.45, 2.75) is 51.3 Å². The van der Waals surface area contributed by atoms with Crippen molar-refractivity contribution in [1.82, 2.24) is 24.9 Å². The van der Waals surface area contributed by atoms with Crippen molar-refractivity contribution < 1.29 is 64.8 Å². The first kappa shape index (κ1) is 73.6. The van der Waals surface area contributed by atoms with Crippen molar-refractivity contribution in [3.63, 3.8) is 0 Å². The van der Waals surface area contributed by atoms with Gasteiger partial charge in [0.15, 0.2) is 11.6 Å². The SMILES string of the molecule is CCN(CC)c1ccc(/N=N/c2nc(N3CCOCC3)c(/C=C(/C(C)=O)C(=O)Nc3ccccc3S(=O)(=O)O)s2)c(Nc2nc(Nc3cc(N(CC)CC)ccc3/N=N/c3nc(N4CCOCC4)c(/C=C(\C(C)=O)C(=O)Nc4ccccc4S(=O)(=O)O)s3)nc(N(CCO)CCO)n2)c1. The van der Waals surface area contributed by atoms with Crippen LogP contribution in [0.2, 0.25) is 0 Å². The number of Topliss-reactive ketones (excluding diaryl/α,β-unsaturated/α-hetero) is 2. The number of morpholine rings is 2. The second-order valence-electron chi connectivity index (χ2n) is 21.8. The van der Waals surface area contributed by atoms with Gasteiger partial charge in [-0.15, -0.1) is 20.5 Å². The summed E-state index contributed by atoms with van der Waals surface area (Å²) in [6.07, 6.45) is 2.68. The summed E-state index contributed by atoms with van der Waals surface area (Å²) >= 11 is 2.05. The highest BCUT2D eigenvalue weighted by molar-refractivity contribution is 7.86. The zero-order valence-corrected chi connectivity index (χ0v) is 58.1. The highest BCUT2D eigenvalue weighted by Gasteiger charge is 2.28. The third kappa shape index (κ3) is 19.0. The molecule has 32 nitrogen and oxygen atoms in total. The van der Waals surface area contributed by atoms with E-state index in [4.69, 9.17) is 44.6 Å². The van der Waals surface area contributed by atoms with Crippen LogP contribution >= 0.6 is 22.7 Å². The molecule has 0 saturated carbocycles. The number of nitrogens with zero attached hydrogens (tertiary/aromatic N) is 14. The molecule has 8 N–H and O–H groups in total. The minimum Gasteiger partial charge on any atom is -0.395 e. The topological polar surface area (TPSA) is 414 Å². The number of thiazole rings is 2. The highest BCUT2D eigenvalue weighted by Crippen LogP contribution is 2.41. The first-order chi connectivity index (χ1) is 47.5.